The highest BCUT2D eigenvalue weighted by Crippen LogP contribution is 2.31. The third-order valence-electron chi connectivity index (χ3n) is 1.46. The Kier molecular flexibility index (Phi) is 0.324. The van der Waals surface area contributed by atoms with Crippen molar-refractivity contribution in [2.24, 2.45) is 0 Å². The molecule has 0 atom stereocenters. The molecular formula is C8H16N2O2. The first-order valence-corrected chi connectivity index (χ1v) is 2.78. The summed E-state index contributed by atoms with van der Waals surface area (Å²) in [5.74, 6) is 0. The Labute approximate surface area is 93.7 Å². The molecule has 0 unspecified atom stereocenters. The van der Waals surface area contributed by atoms with Crippen molar-refractivity contribution in [3.05, 3.63) is 5.21 Å². The SMILES string of the molecule is [2H]C([2H])([2H])C1=[N+]([O-])C(C([2H])([2H])[2H])(C([2H])([2H])[2H])N(O)C1(C([2H])([2H])[2H])C([2H])([2H])[2H]. The van der Waals surface area contributed by atoms with Crippen LogP contribution in [0.15, 0.2) is 0 Å². The highest BCUT2D eigenvalue weighted by molar-refractivity contribution is 5.87. The average molecular weight is 187 g/mol. The molecule has 1 aliphatic rings. The summed E-state index contributed by atoms with van der Waals surface area (Å²) in [6.07, 6.45) is 0. The van der Waals surface area contributed by atoms with Crippen molar-refractivity contribution in [2.75, 3.05) is 0 Å². The second-order valence-electron chi connectivity index (χ2n) is 2.34. The number of nitrogens with zero attached hydrogens (tertiary/aromatic N) is 2. The summed E-state index contributed by atoms with van der Waals surface area (Å²) in [5.41, 5.74) is -10.4. The normalized spacial score (nSPS) is 51.9. The third kappa shape index (κ3) is 0.881. The van der Waals surface area contributed by atoms with E-state index in [4.69, 9.17) is 20.6 Å². The zero-order chi connectivity index (χ0) is 22.2. The molecule has 0 saturated carbocycles. The van der Waals surface area contributed by atoms with E-state index in [1.165, 1.54) is 0 Å². The van der Waals surface area contributed by atoms with E-state index in [1.807, 2.05) is 0 Å². The van der Waals surface area contributed by atoms with Gasteiger partial charge in [-0.15, -0.1) is 5.06 Å². The monoisotopic (exact) mass is 187 g/mol. The molecule has 0 aromatic carbocycles. The van der Waals surface area contributed by atoms with Crippen LogP contribution in [0, 0.1) is 5.21 Å². The van der Waals surface area contributed by atoms with E-state index >= 15 is 0 Å². The van der Waals surface area contributed by atoms with Crippen LogP contribution in [-0.2, 0) is 0 Å². The highest BCUT2D eigenvalue weighted by atomic mass is 16.6. The fraction of sp³-hybridized carbons (Fsp3) is 0.875. The van der Waals surface area contributed by atoms with Gasteiger partial charge in [-0.1, -0.05) is 0 Å². The van der Waals surface area contributed by atoms with Crippen LogP contribution in [0.1, 0.15) is 54.8 Å². The van der Waals surface area contributed by atoms with Gasteiger partial charge in [0.25, 0.3) is 0 Å². The molecule has 1 rings (SSSR count). The molecule has 1 aliphatic heterocycles. The molecular weight excluding hydrogens is 156 g/mol. The maximum atomic E-state index is 12.8. The highest BCUT2D eigenvalue weighted by Gasteiger charge is 2.54. The molecule has 0 aromatic rings. The number of hydrogen-bond acceptors (Lipinski definition) is 3. The van der Waals surface area contributed by atoms with Gasteiger partial charge in [-0.2, -0.15) is 4.74 Å². The van der Waals surface area contributed by atoms with Crippen molar-refractivity contribution in [1.82, 2.24) is 5.06 Å². The predicted molar refractivity (Wildman–Crippen MR) is 46.1 cm³/mol. The molecule has 0 radical (unpaired) electrons. The lowest BCUT2D eigenvalue weighted by Crippen LogP contribution is -2.51. The van der Waals surface area contributed by atoms with Crippen LogP contribution >= 0.6 is 0 Å². The Morgan fingerprint density at radius 3 is 2.50 bits per heavy atom. The van der Waals surface area contributed by atoms with Gasteiger partial charge in [-0.05, 0) is 13.7 Å². The minimum Gasteiger partial charge on any atom is -0.622 e. The molecule has 0 spiro atoms. The average Bonchev–Trinajstić information content (AvgIpc) is 2.50. The largest absolute Gasteiger partial charge is 0.622 e. The van der Waals surface area contributed by atoms with Crippen molar-refractivity contribution in [2.45, 2.75) is 45.5 Å². The first-order chi connectivity index (χ1) is 11.4. The molecule has 0 saturated heterocycles. The van der Waals surface area contributed by atoms with Gasteiger partial charge in [0.15, 0.2) is 5.71 Å². The Morgan fingerprint density at radius 2 is 2.17 bits per heavy atom. The van der Waals surface area contributed by atoms with Crippen molar-refractivity contribution < 1.29 is 30.5 Å². The lowest BCUT2D eigenvalue weighted by Gasteiger charge is -2.29. The summed E-state index contributed by atoms with van der Waals surface area (Å²) in [6, 6.07) is 0. The fourth-order valence-electron chi connectivity index (χ4n) is 0.738. The van der Waals surface area contributed by atoms with E-state index in [9.17, 15) is 10.4 Å². The van der Waals surface area contributed by atoms with Gasteiger partial charge in [-0.3, -0.25) is 0 Å². The van der Waals surface area contributed by atoms with Gasteiger partial charge >= 0.3 is 0 Å². The molecule has 70 valence electrons. The lowest BCUT2D eigenvalue weighted by atomic mass is 10.0. The molecule has 1 N–H and O–H groups in total. The van der Waals surface area contributed by atoms with Crippen LogP contribution in [-0.4, -0.2) is 31.9 Å². The zero-order valence-electron chi connectivity index (χ0n) is 20.7. The Bertz CT molecular complexity index is 605. The van der Waals surface area contributed by atoms with Gasteiger partial charge in [0.05, 0.1) is 0 Å². The Hall–Kier alpha value is -0.610. The summed E-state index contributed by atoms with van der Waals surface area (Å²) in [6.45, 7) is -20.1. The van der Waals surface area contributed by atoms with Crippen LogP contribution in [0.5, 0.6) is 0 Å². The van der Waals surface area contributed by atoms with Gasteiger partial charge < -0.3 is 10.4 Å². The Morgan fingerprint density at radius 1 is 1.50 bits per heavy atom. The maximum Gasteiger partial charge on any atom is 0.245 e. The molecule has 0 aromatic heterocycles. The molecule has 0 bridgehead atoms. The van der Waals surface area contributed by atoms with Crippen molar-refractivity contribution in [3.63, 3.8) is 0 Å². The molecule has 1 heterocycles. The van der Waals surface area contributed by atoms with E-state index in [0.29, 0.717) is 0 Å². The van der Waals surface area contributed by atoms with E-state index in [-0.39, 0.29) is 0 Å². The zero-order valence-corrected chi connectivity index (χ0v) is 5.75. The molecule has 0 fully saturated rings. The molecule has 12 heavy (non-hydrogen) atoms. The summed E-state index contributed by atoms with van der Waals surface area (Å²) in [4.78, 5) is 0. The molecule has 0 amide bonds. The topological polar surface area (TPSA) is 49.5 Å². The van der Waals surface area contributed by atoms with Gasteiger partial charge in [0.2, 0.25) is 5.66 Å². The maximum absolute atomic E-state index is 12.8. The number of hydrogen-bond donors (Lipinski definition) is 1. The smallest absolute Gasteiger partial charge is 0.245 e. The van der Waals surface area contributed by atoms with E-state index in [2.05, 4.69) is 0 Å². The quantitative estimate of drug-likeness (QED) is 0.457. The van der Waals surface area contributed by atoms with Crippen LogP contribution < -0.4 is 0 Å². The van der Waals surface area contributed by atoms with Gasteiger partial charge in [0.1, 0.15) is 5.54 Å². The summed E-state index contributed by atoms with van der Waals surface area (Å²) in [7, 11) is 0. The number of rotatable bonds is 0. The summed E-state index contributed by atoms with van der Waals surface area (Å²) >= 11 is 0. The van der Waals surface area contributed by atoms with Gasteiger partial charge in [-0.25, -0.2) is 0 Å². The summed E-state index contributed by atoms with van der Waals surface area (Å²) in [5, 5.41) is 22.1. The number of hydroxylamine groups is 3. The van der Waals surface area contributed by atoms with E-state index in [0.717, 1.165) is 0 Å². The van der Waals surface area contributed by atoms with Crippen molar-refractivity contribution in [1.29, 1.82) is 0 Å². The van der Waals surface area contributed by atoms with Crippen molar-refractivity contribution >= 4 is 5.71 Å². The fourth-order valence-corrected chi connectivity index (χ4v) is 0.738. The van der Waals surface area contributed by atoms with Crippen molar-refractivity contribution in [3.8, 4) is 0 Å². The van der Waals surface area contributed by atoms with Crippen LogP contribution in [0.2, 0.25) is 0 Å². The predicted octanol–water partition coefficient (Wildman–Crippen LogP) is 1.18. The minimum absolute atomic E-state index is 1.13. The Balaban J connectivity index is 4.37. The second kappa shape index (κ2) is 2.20. The molecule has 4 heteroatoms. The van der Waals surface area contributed by atoms with Crippen LogP contribution in [0.3, 0.4) is 0 Å². The van der Waals surface area contributed by atoms with Crippen LogP contribution in [0.4, 0.5) is 0 Å². The standard InChI is InChI=1S/C8H16N2O2/c1-6-7(2,3)10(12)8(4,5)9(6)11/h12H,1-5H3/i1D3,2D3,3D3,4D3,5D3. The van der Waals surface area contributed by atoms with E-state index in [1.54, 1.807) is 0 Å². The first-order valence-electron chi connectivity index (χ1n) is 10.3. The summed E-state index contributed by atoms with van der Waals surface area (Å²) < 4.78 is 111. The molecule has 0 aliphatic carbocycles. The molecule has 4 nitrogen and oxygen atoms in total. The van der Waals surface area contributed by atoms with Gasteiger partial charge in [0, 0.05) is 41.1 Å². The third-order valence-corrected chi connectivity index (χ3v) is 1.46. The minimum atomic E-state index is -4.19. The van der Waals surface area contributed by atoms with E-state index < -0.39 is 61.0 Å². The lowest BCUT2D eigenvalue weighted by molar-refractivity contribution is -0.581. The van der Waals surface area contributed by atoms with Crippen LogP contribution in [0.25, 0.3) is 0 Å². The second-order valence-corrected chi connectivity index (χ2v) is 2.34. The first kappa shape index (κ1) is 1.77.